The number of amides is 1. The zero-order valence-electron chi connectivity index (χ0n) is 8.86. The average Bonchev–Trinajstić information content (AvgIpc) is 2.21. The fourth-order valence-corrected chi connectivity index (χ4v) is 1.96. The molecule has 5 heteroatoms. The summed E-state index contributed by atoms with van der Waals surface area (Å²) in [5.74, 6) is 0.0266. The third kappa shape index (κ3) is 3.43. The topological polar surface area (TPSA) is 68.0 Å². The van der Waals surface area contributed by atoms with Crippen LogP contribution in [0.3, 0.4) is 0 Å². The van der Waals surface area contributed by atoms with Crippen molar-refractivity contribution in [2.75, 3.05) is 12.3 Å². The Morgan fingerprint density at radius 1 is 1.73 bits per heavy atom. The van der Waals surface area contributed by atoms with Gasteiger partial charge in [0.05, 0.1) is 17.1 Å². The highest BCUT2D eigenvalue weighted by atomic mass is 32.2. The maximum absolute atomic E-state index is 11.5. The summed E-state index contributed by atoms with van der Waals surface area (Å²) in [6.07, 6.45) is 3.26. The van der Waals surface area contributed by atoms with Gasteiger partial charge in [-0.2, -0.15) is 0 Å². The van der Waals surface area contributed by atoms with Crippen LogP contribution >= 0.6 is 11.8 Å². The molecule has 1 heterocycles. The van der Waals surface area contributed by atoms with Crippen LogP contribution in [0.25, 0.3) is 0 Å². The van der Waals surface area contributed by atoms with Gasteiger partial charge in [0, 0.05) is 17.6 Å². The quantitative estimate of drug-likeness (QED) is 0.757. The first-order chi connectivity index (χ1) is 7.15. The number of hydrogen-bond acceptors (Lipinski definition) is 4. The molecule has 1 unspecified atom stereocenters. The summed E-state index contributed by atoms with van der Waals surface area (Å²) in [5, 5.41) is 2.62. The highest BCUT2D eigenvalue weighted by Crippen LogP contribution is 2.27. The van der Waals surface area contributed by atoms with Gasteiger partial charge in [-0.1, -0.05) is 0 Å². The molecule has 0 aromatic carbocycles. The number of rotatable bonds is 4. The Morgan fingerprint density at radius 3 is 3.07 bits per heavy atom. The molecule has 0 aliphatic rings. The second-order valence-electron chi connectivity index (χ2n) is 3.07. The van der Waals surface area contributed by atoms with Gasteiger partial charge < -0.3 is 11.1 Å². The van der Waals surface area contributed by atoms with Crippen molar-refractivity contribution in [2.24, 2.45) is 0 Å². The molecule has 1 aromatic rings. The van der Waals surface area contributed by atoms with Gasteiger partial charge in [-0.3, -0.25) is 9.78 Å². The molecule has 0 aliphatic heterocycles. The molecule has 15 heavy (non-hydrogen) atoms. The molecular formula is C10H15N3OS. The number of nitrogens with zero attached hydrogens (tertiary/aromatic N) is 1. The lowest BCUT2D eigenvalue weighted by atomic mass is 10.4. The standard InChI is InChI=1S/C10H15N3OS/c1-3-13-10(14)7(2)15-9-4-5-12-6-8(9)11/h4-7H,3,11H2,1-2H3,(H,13,14). The first-order valence-electron chi connectivity index (χ1n) is 4.79. The van der Waals surface area contributed by atoms with Crippen molar-refractivity contribution in [3.8, 4) is 0 Å². The zero-order chi connectivity index (χ0) is 11.3. The molecular weight excluding hydrogens is 210 g/mol. The molecule has 0 saturated heterocycles. The number of nitrogen functional groups attached to an aromatic ring is 1. The van der Waals surface area contributed by atoms with Gasteiger partial charge in [0.25, 0.3) is 0 Å². The number of nitrogens with two attached hydrogens (primary N) is 1. The fourth-order valence-electron chi connectivity index (χ4n) is 1.06. The Balaban J connectivity index is 2.62. The van der Waals surface area contributed by atoms with Crippen molar-refractivity contribution in [2.45, 2.75) is 24.0 Å². The molecule has 0 radical (unpaired) electrons. The van der Waals surface area contributed by atoms with Crippen LogP contribution in [0.2, 0.25) is 0 Å². The minimum Gasteiger partial charge on any atom is -0.397 e. The van der Waals surface area contributed by atoms with Gasteiger partial charge in [0.15, 0.2) is 0 Å². The number of aromatic nitrogens is 1. The van der Waals surface area contributed by atoms with E-state index in [1.807, 2.05) is 19.9 Å². The second-order valence-corrected chi connectivity index (χ2v) is 4.45. The van der Waals surface area contributed by atoms with Crippen molar-refractivity contribution in [3.05, 3.63) is 18.5 Å². The summed E-state index contributed by atoms with van der Waals surface area (Å²) in [5.41, 5.74) is 6.34. The molecule has 0 spiro atoms. The van der Waals surface area contributed by atoms with Crippen LogP contribution in [0.5, 0.6) is 0 Å². The SMILES string of the molecule is CCNC(=O)C(C)Sc1ccncc1N. The summed E-state index contributed by atoms with van der Waals surface area (Å²) in [6.45, 7) is 4.40. The van der Waals surface area contributed by atoms with E-state index in [9.17, 15) is 4.79 Å². The summed E-state index contributed by atoms with van der Waals surface area (Å²) in [7, 11) is 0. The van der Waals surface area contributed by atoms with Crippen molar-refractivity contribution < 1.29 is 4.79 Å². The molecule has 0 fully saturated rings. The molecule has 1 atom stereocenters. The van der Waals surface area contributed by atoms with Crippen LogP contribution < -0.4 is 11.1 Å². The van der Waals surface area contributed by atoms with E-state index < -0.39 is 0 Å². The van der Waals surface area contributed by atoms with E-state index in [0.29, 0.717) is 12.2 Å². The lowest BCUT2D eigenvalue weighted by Crippen LogP contribution is -2.30. The highest BCUT2D eigenvalue weighted by molar-refractivity contribution is 8.00. The van der Waals surface area contributed by atoms with Crippen molar-refractivity contribution in [1.82, 2.24) is 10.3 Å². The van der Waals surface area contributed by atoms with Crippen LogP contribution in [-0.2, 0) is 4.79 Å². The lowest BCUT2D eigenvalue weighted by Gasteiger charge is -2.11. The number of pyridine rings is 1. The molecule has 1 amide bonds. The molecule has 0 bridgehead atoms. The van der Waals surface area contributed by atoms with E-state index in [2.05, 4.69) is 10.3 Å². The summed E-state index contributed by atoms with van der Waals surface area (Å²) in [4.78, 5) is 16.3. The number of thioether (sulfide) groups is 1. The number of nitrogens with one attached hydrogen (secondary N) is 1. The van der Waals surface area contributed by atoms with Gasteiger partial charge in [-0.05, 0) is 19.9 Å². The maximum atomic E-state index is 11.5. The Morgan fingerprint density at radius 2 is 2.47 bits per heavy atom. The zero-order valence-corrected chi connectivity index (χ0v) is 9.67. The van der Waals surface area contributed by atoms with Crippen LogP contribution in [0, 0.1) is 0 Å². The van der Waals surface area contributed by atoms with Crippen LogP contribution in [0.1, 0.15) is 13.8 Å². The molecule has 1 rings (SSSR count). The number of anilines is 1. The van der Waals surface area contributed by atoms with Crippen LogP contribution in [-0.4, -0.2) is 22.7 Å². The predicted octanol–water partition coefficient (Wildman–Crippen LogP) is 1.28. The molecule has 4 nitrogen and oxygen atoms in total. The van der Waals surface area contributed by atoms with Gasteiger partial charge in [0.2, 0.25) is 5.91 Å². The summed E-state index contributed by atoms with van der Waals surface area (Å²) in [6, 6.07) is 1.82. The molecule has 1 aromatic heterocycles. The molecule has 0 aliphatic carbocycles. The van der Waals surface area contributed by atoms with E-state index in [0.717, 1.165) is 4.90 Å². The third-order valence-electron chi connectivity index (χ3n) is 1.83. The molecule has 3 N–H and O–H groups in total. The maximum Gasteiger partial charge on any atom is 0.233 e. The Hall–Kier alpha value is -1.23. The molecule has 0 saturated carbocycles. The third-order valence-corrected chi connectivity index (χ3v) is 3.03. The van der Waals surface area contributed by atoms with E-state index in [-0.39, 0.29) is 11.2 Å². The Kier molecular flexibility index (Phi) is 4.42. The largest absolute Gasteiger partial charge is 0.397 e. The Labute approximate surface area is 93.7 Å². The van der Waals surface area contributed by atoms with Crippen LogP contribution in [0.4, 0.5) is 5.69 Å². The average molecular weight is 225 g/mol. The number of carbonyl (C=O) groups excluding carboxylic acids is 1. The highest BCUT2D eigenvalue weighted by Gasteiger charge is 2.14. The lowest BCUT2D eigenvalue weighted by molar-refractivity contribution is -0.120. The van der Waals surface area contributed by atoms with Crippen LogP contribution in [0.15, 0.2) is 23.4 Å². The van der Waals surface area contributed by atoms with E-state index in [1.54, 1.807) is 12.4 Å². The number of carbonyl (C=O) groups is 1. The van der Waals surface area contributed by atoms with Gasteiger partial charge in [-0.15, -0.1) is 11.8 Å². The first kappa shape index (κ1) is 11.8. The van der Waals surface area contributed by atoms with E-state index in [1.165, 1.54) is 11.8 Å². The normalized spacial score (nSPS) is 12.1. The summed E-state index contributed by atoms with van der Waals surface area (Å²) < 4.78 is 0. The minimum atomic E-state index is -0.144. The predicted molar refractivity (Wildman–Crippen MR) is 62.7 cm³/mol. The van der Waals surface area contributed by atoms with Gasteiger partial charge >= 0.3 is 0 Å². The molecule has 82 valence electrons. The van der Waals surface area contributed by atoms with Crippen molar-refractivity contribution in [1.29, 1.82) is 0 Å². The van der Waals surface area contributed by atoms with Gasteiger partial charge in [0.1, 0.15) is 0 Å². The smallest absolute Gasteiger partial charge is 0.233 e. The fraction of sp³-hybridized carbons (Fsp3) is 0.400. The second kappa shape index (κ2) is 5.60. The van der Waals surface area contributed by atoms with Crippen molar-refractivity contribution in [3.63, 3.8) is 0 Å². The first-order valence-corrected chi connectivity index (χ1v) is 5.67. The summed E-state index contributed by atoms with van der Waals surface area (Å²) >= 11 is 1.44. The van der Waals surface area contributed by atoms with E-state index in [4.69, 9.17) is 5.73 Å². The minimum absolute atomic E-state index is 0.0266. The van der Waals surface area contributed by atoms with Gasteiger partial charge in [-0.25, -0.2) is 0 Å². The Bertz CT molecular complexity index is 343. The van der Waals surface area contributed by atoms with Crippen molar-refractivity contribution >= 4 is 23.4 Å². The van der Waals surface area contributed by atoms with E-state index >= 15 is 0 Å². The monoisotopic (exact) mass is 225 g/mol. The number of hydrogen-bond donors (Lipinski definition) is 2.